The monoisotopic (exact) mass is 346 g/mol. The Hall–Kier alpha value is -0.710. The fraction of sp³-hybridized carbons (Fsp3) is 0.231. The summed E-state index contributed by atoms with van der Waals surface area (Å²) >= 11 is 11.6. The van der Waals surface area contributed by atoms with E-state index in [9.17, 15) is 0 Å². The summed E-state index contributed by atoms with van der Waals surface area (Å²) in [7, 11) is 3.27. The SMILES string of the molecule is COc1ccc(OC)c(C(Cl)c2csc(Br)c2)c1. The molecule has 0 spiro atoms. The highest BCUT2D eigenvalue weighted by molar-refractivity contribution is 9.11. The van der Waals surface area contributed by atoms with Gasteiger partial charge in [-0.2, -0.15) is 0 Å². The Balaban J connectivity index is 2.41. The van der Waals surface area contributed by atoms with Crippen LogP contribution in [0.3, 0.4) is 0 Å². The molecule has 5 heteroatoms. The molecule has 1 aromatic carbocycles. The van der Waals surface area contributed by atoms with Crippen molar-refractivity contribution >= 4 is 38.9 Å². The lowest BCUT2D eigenvalue weighted by molar-refractivity contribution is 0.399. The third kappa shape index (κ3) is 2.82. The van der Waals surface area contributed by atoms with E-state index in [4.69, 9.17) is 21.1 Å². The highest BCUT2D eigenvalue weighted by Gasteiger charge is 2.17. The van der Waals surface area contributed by atoms with Gasteiger partial charge in [-0.3, -0.25) is 0 Å². The summed E-state index contributed by atoms with van der Waals surface area (Å²) in [6.45, 7) is 0. The van der Waals surface area contributed by atoms with E-state index >= 15 is 0 Å². The summed E-state index contributed by atoms with van der Waals surface area (Å²) < 4.78 is 11.6. The molecule has 18 heavy (non-hydrogen) atoms. The molecule has 0 N–H and O–H groups in total. The third-order valence-corrected chi connectivity index (χ3v) is 4.60. The number of benzene rings is 1. The van der Waals surface area contributed by atoms with E-state index in [-0.39, 0.29) is 5.38 Å². The number of hydrogen-bond acceptors (Lipinski definition) is 3. The van der Waals surface area contributed by atoms with Crippen LogP contribution in [0, 0.1) is 0 Å². The van der Waals surface area contributed by atoms with Gasteiger partial charge in [0.25, 0.3) is 0 Å². The van der Waals surface area contributed by atoms with Gasteiger partial charge in [0, 0.05) is 5.56 Å². The average molecular weight is 348 g/mol. The zero-order valence-electron chi connectivity index (χ0n) is 9.94. The van der Waals surface area contributed by atoms with Gasteiger partial charge in [0.15, 0.2) is 0 Å². The van der Waals surface area contributed by atoms with E-state index in [0.29, 0.717) is 0 Å². The minimum absolute atomic E-state index is 0.252. The molecule has 2 aromatic rings. The number of hydrogen-bond donors (Lipinski definition) is 0. The van der Waals surface area contributed by atoms with Crippen LogP contribution < -0.4 is 9.47 Å². The third-order valence-electron chi connectivity index (χ3n) is 2.59. The molecule has 0 saturated carbocycles. The molecule has 1 unspecified atom stereocenters. The van der Waals surface area contributed by atoms with E-state index in [1.807, 2.05) is 29.6 Å². The lowest BCUT2D eigenvalue weighted by Gasteiger charge is -2.14. The van der Waals surface area contributed by atoms with Crippen molar-refractivity contribution in [1.82, 2.24) is 0 Å². The average Bonchev–Trinajstić information content (AvgIpc) is 2.83. The van der Waals surface area contributed by atoms with Crippen LogP contribution in [0.2, 0.25) is 0 Å². The van der Waals surface area contributed by atoms with Crippen LogP contribution in [0.5, 0.6) is 11.5 Å². The van der Waals surface area contributed by atoms with E-state index in [2.05, 4.69) is 15.9 Å². The first-order chi connectivity index (χ1) is 8.65. The Bertz CT molecular complexity index is 542. The van der Waals surface area contributed by atoms with Gasteiger partial charge in [-0.1, -0.05) is 0 Å². The van der Waals surface area contributed by atoms with E-state index in [0.717, 1.165) is 26.4 Å². The number of methoxy groups -OCH3 is 2. The molecule has 1 atom stereocenters. The Labute approximate surface area is 124 Å². The molecule has 2 rings (SSSR count). The van der Waals surface area contributed by atoms with Crippen LogP contribution in [0.4, 0.5) is 0 Å². The molecule has 0 bridgehead atoms. The zero-order valence-corrected chi connectivity index (χ0v) is 13.1. The first kappa shape index (κ1) is 13.7. The molecule has 0 amide bonds. The lowest BCUT2D eigenvalue weighted by Crippen LogP contribution is -1.97. The first-order valence-electron chi connectivity index (χ1n) is 5.25. The van der Waals surface area contributed by atoms with E-state index in [1.165, 1.54) is 0 Å². The molecule has 1 aromatic heterocycles. The molecule has 0 radical (unpaired) electrons. The number of halogens is 2. The van der Waals surface area contributed by atoms with Gasteiger partial charge in [0.2, 0.25) is 0 Å². The molecule has 0 aliphatic rings. The second kappa shape index (κ2) is 5.95. The molecule has 96 valence electrons. The van der Waals surface area contributed by atoms with Crippen molar-refractivity contribution in [1.29, 1.82) is 0 Å². The normalized spacial score (nSPS) is 12.2. The summed E-state index contributed by atoms with van der Waals surface area (Å²) in [6.07, 6.45) is 0. The number of ether oxygens (including phenoxy) is 2. The predicted molar refractivity (Wildman–Crippen MR) is 79.3 cm³/mol. The molecule has 0 aliphatic heterocycles. The lowest BCUT2D eigenvalue weighted by atomic mass is 10.1. The second-order valence-corrected chi connectivity index (χ2v) is 6.38. The van der Waals surface area contributed by atoms with Gasteiger partial charge in [-0.15, -0.1) is 22.9 Å². The molecule has 2 nitrogen and oxygen atoms in total. The van der Waals surface area contributed by atoms with Crippen molar-refractivity contribution in [2.75, 3.05) is 14.2 Å². The summed E-state index contributed by atoms with van der Waals surface area (Å²) in [5, 5.41) is 1.78. The summed E-state index contributed by atoms with van der Waals surface area (Å²) in [5.41, 5.74) is 1.95. The minimum atomic E-state index is -0.252. The van der Waals surface area contributed by atoms with Gasteiger partial charge in [0.05, 0.1) is 23.4 Å². The van der Waals surface area contributed by atoms with Gasteiger partial charge in [-0.05, 0) is 51.1 Å². The quantitative estimate of drug-likeness (QED) is 0.736. The Morgan fingerprint density at radius 1 is 1.22 bits per heavy atom. The van der Waals surface area contributed by atoms with E-state index in [1.54, 1.807) is 25.6 Å². The molecular weight excluding hydrogens is 336 g/mol. The molecule has 0 aliphatic carbocycles. The van der Waals surface area contributed by atoms with Crippen molar-refractivity contribution in [2.24, 2.45) is 0 Å². The van der Waals surface area contributed by atoms with Gasteiger partial charge < -0.3 is 9.47 Å². The number of thiophene rings is 1. The Kier molecular flexibility index (Phi) is 4.54. The van der Waals surface area contributed by atoms with Gasteiger partial charge in [0.1, 0.15) is 11.5 Å². The standard InChI is InChI=1S/C13H12BrClO2S/c1-16-9-3-4-11(17-2)10(6-9)13(15)8-5-12(14)18-7-8/h3-7,13H,1-2H3. The Morgan fingerprint density at radius 3 is 2.56 bits per heavy atom. The van der Waals surface area contributed by atoms with Crippen LogP contribution in [0.1, 0.15) is 16.5 Å². The van der Waals surface area contributed by atoms with Crippen LogP contribution in [-0.4, -0.2) is 14.2 Å². The summed E-state index contributed by atoms with van der Waals surface area (Å²) in [4.78, 5) is 0. The maximum Gasteiger partial charge on any atom is 0.124 e. The highest BCUT2D eigenvalue weighted by atomic mass is 79.9. The molecule has 0 fully saturated rings. The minimum Gasteiger partial charge on any atom is -0.497 e. The van der Waals surface area contributed by atoms with Gasteiger partial charge in [-0.25, -0.2) is 0 Å². The van der Waals surface area contributed by atoms with Crippen LogP contribution in [0.25, 0.3) is 0 Å². The Morgan fingerprint density at radius 2 is 2.00 bits per heavy atom. The highest BCUT2D eigenvalue weighted by Crippen LogP contribution is 2.39. The smallest absolute Gasteiger partial charge is 0.124 e. The van der Waals surface area contributed by atoms with Crippen LogP contribution in [-0.2, 0) is 0 Å². The largest absolute Gasteiger partial charge is 0.497 e. The maximum absolute atomic E-state index is 6.51. The van der Waals surface area contributed by atoms with Gasteiger partial charge >= 0.3 is 0 Å². The van der Waals surface area contributed by atoms with Crippen LogP contribution in [0.15, 0.2) is 33.4 Å². The fourth-order valence-corrected chi connectivity index (χ4v) is 3.25. The second-order valence-electron chi connectivity index (χ2n) is 3.65. The summed E-state index contributed by atoms with van der Waals surface area (Å²) in [5.74, 6) is 1.53. The summed E-state index contributed by atoms with van der Waals surface area (Å²) in [6, 6.07) is 7.64. The number of rotatable bonds is 4. The molecule has 1 heterocycles. The number of alkyl halides is 1. The first-order valence-corrected chi connectivity index (χ1v) is 7.36. The van der Waals surface area contributed by atoms with Crippen molar-refractivity contribution in [3.8, 4) is 11.5 Å². The molecular formula is C13H12BrClO2S. The maximum atomic E-state index is 6.51. The topological polar surface area (TPSA) is 18.5 Å². The van der Waals surface area contributed by atoms with E-state index < -0.39 is 0 Å². The molecule has 0 saturated heterocycles. The van der Waals surface area contributed by atoms with Crippen LogP contribution >= 0.6 is 38.9 Å². The fourth-order valence-electron chi connectivity index (χ4n) is 1.67. The van der Waals surface area contributed by atoms with Crippen molar-refractivity contribution in [3.05, 3.63) is 44.6 Å². The van der Waals surface area contributed by atoms with Crippen molar-refractivity contribution in [3.63, 3.8) is 0 Å². The van der Waals surface area contributed by atoms with Crippen molar-refractivity contribution in [2.45, 2.75) is 5.38 Å². The van der Waals surface area contributed by atoms with Crippen molar-refractivity contribution < 1.29 is 9.47 Å². The zero-order chi connectivity index (χ0) is 13.1. The predicted octanol–water partition coefficient (Wildman–Crippen LogP) is 4.86.